The van der Waals surface area contributed by atoms with Crippen LogP contribution in [0.25, 0.3) is 0 Å². The van der Waals surface area contributed by atoms with Gasteiger partial charge in [0.15, 0.2) is 5.82 Å². The van der Waals surface area contributed by atoms with Gasteiger partial charge in [0.1, 0.15) is 5.75 Å². The molecule has 21 heavy (non-hydrogen) atoms. The molecule has 0 saturated heterocycles. The Morgan fingerprint density at radius 3 is 2.57 bits per heavy atom. The number of halogens is 1. The summed E-state index contributed by atoms with van der Waals surface area (Å²) in [4.78, 5) is 0.126. The van der Waals surface area contributed by atoms with Gasteiger partial charge in [-0.15, -0.1) is 0 Å². The van der Waals surface area contributed by atoms with Crippen LogP contribution in [0.3, 0.4) is 0 Å². The Balaban J connectivity index is 2.51. The fourth-order valence-electron chi connectivity index (χ4n) is 1.91. The number of nitrogens with zero attached hydrogens (tertiary/aromatic N) is 3. The zero-order valence-electron chi connectivity index (χ0n) is 12.2. The molecule has 0 fully saturated rings. The fourth-order valence-corrected chi connectivity index (χ4v) is 3.59. The zero-order valence-corrected chi connectivity index (χ0v) is 13.7. The third-order valence-electron chi connectivity index (χ3n) is 3.11. The molecule has 8 heteroatoms. The smallest absolute Gasteiger partial charge is 0.265 e. The molecule has 0 unspecified atom stereocenters. The molecule has 0 saturated carbocycles. The van der Waals surface area contributed by atoms with E-state index >= 15 is 0 Å². The summed E-state index contributed by atoms with van der Waals surface area (Å²) in [5.74, 6) is 0.775. The second-order valence-electron chi connectivity index (χ2n) is 4.57. The van der Waals surface area contributed by atoms with E-state index in [9.17, 15) is 8.42 Å². The second-order valence-corrected chi connectivity index (χ2v) is 6.92. The van der Waals surface area contributed by atoms with Crippen molar-refractivity contribution in [3.05, 3.63) is 35.0 Å². The third-order valence-corrected chi connectivity index (χ3v) is 5.31. The van der Waals surface area contributed by atoms with Gasteiger partial charge in [-0.05, 0) is 24.6 Å². The maximum absolute atomic E-state index is 12.7. The predicted molar refractivity (Wildman–Crippen MR) is 81.5 cm³/mol. The van der Waals surface area contributed by atoms with Gasteiger partial charge >= 0.3 is 0 Å². The first kappa shape index (κ1) is 15.7. The van der Waals surface area contributed by atoms with Gasteiger partial charge in [-0.25, -0.2) is 8.42 Å². The Bertz CT molecular complexity index is 771. The van der Waals surface area contributed by atoms with Crippen molar-refractivity contribution in [1.82, 2.24) is 9.78 Å². The molecule has 0 spiro atoms. The van der Waals surface area contributed by atoms with E-state index in [1.807, 2.05) is 0 Å². The second kappa shape index (κ2) is 5.57. The highest BCUT2D eigenvalue weighted by Gasteiger charge is 2.26. The van der Waals surface area contributed by atoms with Crippen LogP contribution in [0.1, 0.15) is 5.56 Å². The number of aryl methyl sites for hydroxylation is 2. The molecular formula is C13H16ClN3O3S. The van der Waals surface area contributed by atoms with E-state index in [2.05, 4.69) is 5.10 Å². The Labute approximate surface area is 128 Å². The SMILES string of the molecule is COc1cc(C)c(S(=O)(=O)N(C)c2ccn(C)n2)cc1Cl. The number of ether oxygens (including phenoxy) is 1. The standard InChI is InChI=1S/C13H16ClN3O3S/c1-9-7-11(20-4)10(14)8-12(9)21(18,19)17(3)13-5-6-16(2)15-13/h5-8H,1-4H3. The molecule has 0 aliphatic heterocycles. The summed E-state index contributed by atoms with van der Waals surface area (Å²) in [5, 5.41) is 4.34. The summed E-state index contributed by atoms with van der Waals surface area (Å²) < 4.78 is 33.1. The summed E-state index contributed by atoms with van der Waals surface area (Å²) in [6, 6.07) is 4.62. The highest BCUT2D eigenvalue weighted by molar-refractivity contribution is 7.92. The lowest BCUT2D eigenvalue weighted by Gasteiger charge is -2.19. The number of hydrogen-bond donors (Lipinski definition) is 0. The fraction of sp³-hybridized carbons (Fsp3) is 0.308. The van der Waals surface area contributed by atoms with Crippen LogP contribution in [-0.2, 0) is 17.1 Å². The number of rotatable bonds is 4. The number of benzene rings is 1. The van der Waals surface area contributed by atoms with Crippen LogP contribution in [0.2, 0.25) is 5.02 Å². The number of methoxy groups -OCH3 is 1. The normalized spacial score (nSPS) is 11.5. The van der Waals surface area contributed by atoms with Crippen molar-refractivity contribution in [2.75, 3.05) is 18.5 Å². The van der Waals surface area contributed by atoms with Gasteiger partial charge in [-0.1, -0.05) is 11.6 Å². The van der Waals surface area contributed by atoms with Crippen LogP contribution in [0, 0.1) is 6.92 Å². The van der Waals surface area contributed by atoms with E-state index < -0.39 is 10.0 Å². The Kier molecular flexibility index (Phi) is 4.15. The van der Waals surface area contributed by atoms with Crippen molar-refractivity contribution in [2.24, 2.45) is 7.05 Å². The molecule has 0 aliphatic carbocycles. The summed E-state index contributed by atoms with van der Waals surface area (Å²) in [5.41, 5.74) is 0.555. The molecule has 1 aromatic heterocycles. The first-order valence-electron chi connectivity index (χ1n) is 6.10. The van der Waals surface area contributed by atoms with Gasteiger partial charge in [0.25, 0.3) is 10.0 Å². The minimum Gasteiger partial charge on any atom is -0.495 e. The monoisotopic (exact) mass is 329 g/mol. The van der Waals surface area contributed by atoms with Gasteiger partial charge in [-0.2, -0.15) is 5.10 Å². The molecule has 0 aliphatic rings. The molecule has 114 valence electrons. The van der Waals surface area contributed by atoms with Gasteiger partial charge in [0, 0.05) is 26.4 Å². The van der Waals surface area contributed by atoms with Crippen molar-refractivity contribution < 1.29 is 13.2 Å². The van der Waals surface area contributed by atoms with Crippen LogP contribution >= 0.6 is 11.6 Å². The van der Waals surface area contributed by atoms with Crippen LogP contribution in [0.5, 0.6) is 5.75 Å². The third kappa shape index (κ3) is 2.84. The van der Waals surface area contributed by atoms with Crippen molar-refractivity contribution >= 4 is 27.4 Å². The van der Waals surface area contributed by atoms with Crippen molar-refractivity contribution in [3.63, 3.8) is 0 Å². The summed E-state index contributed by atoms with van der Waals surface area (Å²) >= 11 is 6.03. The van der Waals surface area contributed by atoms with Crippen molar-refractivity contribution in [3.8, 4) is 5.75 Å². The van der Waals surface area contributed by atoms with Gasteiger partial charge in [0.05, 0.1) is 17.0 Å². The maximum atomic E-state index is 12.7. The van der Waals surface area contributed by atoms with Crippen LogP contribution in [0.15, 0.2) is 29.3 Å². The highest BCUT2D eigenvalue weighted by atomic mass is 35.5. The average Bonchev–Trinajstić information content (AvgIpc) is 2.86. The Morgan fingerprint density at radius 2 is 2.05 bits per heavy atom. The van der Waals surface area contributed by atoms with E-state index in [-0.39, 0.29) is 9.92 Å². The minimum absolute atomic E-state index is 0.126. The summed E-state index contributed by atoms with van der Waals surface area (Å²) in [6.07, 6.45) is 1.68. The van der Waals surface area contributed by atoms with E-state index in [0.717, 1.165) is 4.31 Å². The van der Waals surface area contributed by atoms with E-state index in [1.165, 1.54) is 24.9 Å². The molecule has 2 aromatic rings. The lowest BCUT2D eigenvalue weighted by Crippen LogP contribution is -2.27. The number of hydrogen-bond acceptors (Lipinski definition) is 4. The number of anilines is 1. The summed E-state index contributed by atoms with van der Waals surface area (Å²) in [7, 11) is 0.917. The first-order chi connectivity index (χ1) is 9.77. The van der Waals surface area contributed by atoms with Crippen LogP contribution < -0.4 is 9.04 Å². The molecule has 2 rings (SSSR count). The molecule has 6 nitrogen and oxygen atoms in total. The molecule has 0 N–H and O–H groups in total. The minimum atomic E-state index is -3.74. The maximum Gasteiger partial charge on any atom is 0.265 e. The number of sulfonamides is 1. The molecule has 0 bridgehead atoms. The van der Waals surface area contributed by atoms with Gasteiger partial charge in [0.2, 0.25) is 0 Å². The van der Waals surface area contributed by atoms with Crippen LogP contribution in [-0.4, -0.2) is 32.4 Å². The van der Waals surface area contributed by atoms with E-state index in [0.29, 0.717) is 17.1 Å². The lowest BCUT2D eigenvalue weighted by atomic mass is 10.2. The van der Waals surface area contributed by atoms with Crippen molar-refractivity contribution in [2.45, 2.75) is 11.8 Å². The number of aromatic nitrogens is 2. The van der Waals surface area contributed by atoms with Crippen LogP contribution in [0.4, 0.5) is 5.82 Å². The molecule has 0 amide bonds. The lowest BCUT2D eigenvalue weighted by molar-refractivity contribution is 0.414. The van der Waals surface area contributed by atoms with Gasteiger partial charge < -0.3 is 4.74 Å². The molecule has 1 heterocycles. The van der Waals surface area contributed by atoms with E-state index in [1.54, 1.807) is 32.3 Å². The largest absolute Gasteiger partial charge is 0.495 e. The topological polar surface area (TPSA) is 64.4 Å². The predicted octanol–water partition coefficient (Wildman–Crippen LogP) is 2.22. The van der Waals surface area contributed by atoms with E-state index in [4.69, 9.17) is 16.3 Å². The molecule has 0 atom stereocenters. The van der Waals surface area contributed by atoms with Crippen molar-refractivity contribution in [1.29, 1.82) is 0 Å². The molecule has 1 aromatic carbocycles. The Hall–Kier alpha value is -1.73. The quantitative estimate of drug-likeness (QED) is 0.862. The summed E-state index contributed by atoms with van der Waals surface area (Å²) in [6.45, 7) is 1.69. The molecular weight excluding hydrogens is 314 g/mol. The zero-order chi connectivity index (χ0) is 15.8. The first-order valence-corrected chi connectivity index (χ1v) is 7.92. The average molecular weight is 330 g/mol. The van der Waals surface area contributed by atoms with Gasteiger partial charge in [-0.3, -0.25) is 8.99 Å². The highest BCUT2D eigenvalue weighted by Crippen LogP contribution is 2.32. The molecule has 0 radical (unpaired) electrons. The Morgan fingerprint density at radius 1 is 1.38 bits per heavy atom.